The lowest BCUT2D eigenvalue weighted by molar-refractivity contribution is 0.300. The molecule has 0 amide bonds. The highest BCUT2D eigenvalue weighted by molar-refractivity contribution is 6.29. The van der Waals surface area contributed by atoms with E-state index in [-0.39, 0.29) is 0 Å². The van der Waals surface area contributed by atoms with Crippen LogP contribution in [-0.4, -0.2) is 9.97 Å². The van der Waals surface area contributed by atoms with E-state index in [0.717, 1.165) is 5.69 Å². The van der Waals surface area contributed by atoms with E-state index in [9.17, 15) is 0 Å². The van der Waals surface area contributed by atoms with Crippen molar-refractivity contribution in [1.29, 1.82) is 0 Å². The third-order valence-corrected chi connectivity index (χ3v) is 2.04. The molecular formula is C11H9ClN2O. The first-order valence-corrected chi connectivity index (χ1v) is 4.86. The van der Waals surface area contributed by atoms with Gasteiger partial charge >= 0.3 is 0 Å². The van der Waals surface area contributed by atoms with Crippen molar-refractivity contribution in [2.24, 2.45) is 0 Å². The fourth-order valence-corrected chi connectivity index (χ4v) is 1.20. The molecule has 0 aromatic carbocycles. The minimum absolute atomic E-state index is 0.435. The standard InChI is InChI=1S/C11H9ClN2O/c12-11-5-4-10(7-14-11)15-8-9-3-1-2-6-13-9/h1-7H,8H2. The molecule has 0 N–H and O–H groups in total. The summed E-state index contributed by atoms with van der Waals surface area (Å²) in [7, 11) is 0. The van der Waals surface area contributed by atoms with Gasteiger partial charge in [0, 0.05) is 6.20 Å². The lowest BCUT2D eigenvalue weighted by Gasteiger charge is -2.04. The summed E-state index contributed by atoms with van der Waals surface area (Å²) in [6, 6.07) is 9.16. The molecule has 2 rings (SSSR count). The van der Waals surface area contributed by atoms with Crippen LogP contribution < -0.4 is 4.74 Å². The summed E-state index contributed by atoms with van der Waals surface area (Å²) in [4.78, 5) is 8.05. The molecule has 76 valence electrons. The van der Waals surface area contributed by atoms with Crippen LogP contribution >= 0.6 is 11.6 Å². The Bertz CT molecular complexity index is 416. The SMILES string of the molecule is Clc1ccc(OCc2ccccn2)cn1. The zero-order valence-corrected chi connectivity index (χ0v) is 8.69. The largest absolute Gasteiger partial charge is 0.486 e. The molecule has 4 heteroatoms. The van der Waals surface area contributed by atoms with Crippen LogP contribution in [0.1, 0.15) is 5.69 Å². The highest BCUT2D eigenvalue weighted by atomic mass is 35.5. The summed E-state index contributed by atoms with van der Waals surface area (Å²) in [5.41, 5.74) is 0.882. The number of pyridine rings is 2. The number of ether oxygens (including phenoxy) is 1. The molecule has 2 heterocycles. The van der Waals surface area contributed by atoms with Gasteiger partial charge in [0.2, 0.25) is 0 Å². The number of aromatic nitrogens is 2. The third kappa shape index (κ3) is 2.92. The molecule has 0 aliphatic heterocycles. The second kappa shape index (κ2) is 4.75. The van der Waals surface area contributed by atoms with Gasteiger partial charge in [0.1, 0.15) is 17.5 Å². The highest BCUT2D eigenvalue weighted by Crippen LogP contribution is 2.13. The lowest BCUT2D eigenvalue weighted by Crippen LogP contribution is -1.97. The van der Waals surface area contributed by atoms with Crippen LogP contribution in [0.2, 0.25) is 5.15 Å². The van der Waals surface area contributed by atoms with Crippen LogP contribution in [0.4, 0.5) is 0 Å². The van der Waals surface area contributed by atoms with Crippen molar-refractivity contribution >= 4 is 11.6 Å². The molecule has 0 saturated heterocycles. The van der Waals surface area contributed by atoms with E-state index in [1.54, 1.807) is 24.5 Å². The second-order valence-corrected chi connectivity index (χ2v) is 3.31. The Hall–Kier alpha value is -1.61. The van der Waals surface area contributed by atoms with Crippen molar-refractivity contribution in [3.05, 3.63) is 53.6 Å². The average Bonchev–Trinajstić information content (AvgIpc) is 2.30. The predicted octanol–water partition coefficient (Wildman–Crippen LogP) is 2.71. The van der Waals surface area contributed by atoms with Gasteiger partial charge in [-0.3, -0.25) is 4.98 Å². The van der Waals surface area contributed by atoms with Crippen molar-refractivity contribution in [3.63, 3.8) is 0 Å². The summed E-state index contributed by atoms with van der Waals surface area (Å²) in [5.74, 6) is 0.685. The summed E-state index contributed by atoms with van der Waals surface area (Å²) in [6.45, 7) is 0.435. The molecule has 0 atom stereocenters. The van der Waals surface area contributed by atoms with Gasteiger partial charge in [-0.15, -0.1) is 0 Å². The van der Waals surface area contributed by atoms with Gasteiger partial charge in [-0.2, -0.15) is 0 Å². The minimum atomic E-state index is 0.435. The first-order chi connectivity index (χ1) is 7.34. The second-order valence-electron chi connectivity index (χ2n) is 2.93. The summed E-state index contributed by atoms with van der Waals surface area (Å²) in [6.07, 6.45) is 3.32. The first kappa shape index (κ1) is 9.93. The number of hydrogen-bond acceptors (Lipinski definition) is 3. The van der Waals surface area contributed by atoms with Crippen molar-refractivity contribution in [3.8, 4) is 5.75 Å². The van der Waals surface area contributed by atoms with Crippen LogP contribution in [0.5, 0.6) is 5.75 Å². The highest BCUT2D eigenvalue weighted by Gasteiger charge is 1.96. The molecule has 2 aromatic rings. The van der Waals surface area contributed by atoms with Gasteiger partial charge in [-0.05, 0) is 24.3 Å². The summed E-state index contributed by atoms with van der Waals surface area (Å²) < 4.78 is 5.46. The van der Waals surface area contributed by atoms with E-state index in [2.05, 4.69) is 9.97 Å². The molecule has 0 spiro atoms. The first-order valence-electron chi connectivity index (χ1n) is 4.49. The van der Waals surface area contributed by atoms with Crippen LogP contribution in [0.3, 0.4) is 0 Å². The zero-order valence-electron chi connectivity index (χ0n) is 7.93. The fraction of sp³-hybridized carbons (Fsp3) is 0.0909. The number of rotatable bonds is 3. The third-order valence-electron chi connectivity index (χ3n) is 1.81. The van der Waals surface area contributed by atoms with Gasteiger partial charge in [-0.25, -0.2) is 4.98 Å². The molecule has 0 aliphatic carbocycles. The van der Waals surface area contributed by atoms with Crippen molar-refractivity contribution in [1.82, 2.24) is 9.97 Å². The summed E-state index contributed by atoms with van der Waals surface area (Å²) in [5, 5.41) is 0.459. The molecule has 0 aliphatic rings. The van der Waals surface area contributed by atoms with Crippen LogP contribution in [0.25, 0.3) is 0 Å². The van der Waals surface area contributed by atoms with Crippen molar-refractivity contribution in [2.45, 2.75) is 6.61 Å². The van der Waals surface area contributed by atoms with Gasteiger partial charge in [0.25, 0.3) is 0 Å². The van der Waals surface area contributed by atoms with E-state index < -0.39 is 0 Å². The maximum absolute atomic E-state index is 5.65. The maximum Gasteiger partial charge on any atom is 0.138 e. The van der Waals surface area contributed by atoms with Gasteiger partial charge in [-0.1, -0.05) is 17.7 Å². The molecule has 0 radical (unpaired) electrons. The quantitative estimate of drug-likeness (QED) is 0.746. The van der Waals surface area contributed by atoms with Crippen LogP contribution in [0.15, 0.2) is 42.7 Å². The number of hydrogen-bond donors (Lipinski definition) is 0. The van der Waals surface area contributed by atoms with E-state index >= 15 is 0 Å². The average molecular weight is 221 g/mol. The van der Waals surface area contributed by atoms with Crippen LogP contribution in [0, 0.1) is 0 Å². The molecule has 0 bridgehead atoms. The number of halogens is 1. The summed E-state index contributed by atoms with van der Waals surface area (Å²) >= 11 is 5.65. The van der Waals surface area contributed by atoms with Crippen molar-refractivity contribution < 1.29 is 4.74 Å². The molecule has 0 saturated carbocycles. The van der Waals surface area contributed by atoms with Gasteiger partial charge in [0.15, 0.2) is 0 Å². The Morgan fingerprint density at radius 2 is 2.07 bits per heavy atom. The molecule has 0 fully saturated rings. The Kier molecular flexibility index (Phi) is 3.15. The topological polar surface area (TPSA) is 35.0 Å². The van der Waals surface area contributed by atoms with Crippen LogP contribution in [-0.2, 0) is 6.61 Å². The molecule has 0 unspecified atom stereocenters. The van der Waals surface area contributed by atoms with E-state index in [4.69, 9.17) is 16.3 Å². The lowest BCUT2D eigenvalue weighted by atomic mass is 10.4. The number of nitrogens with zero attached hydrogens (tertiary/aromatic N) is 2. The van der Waals surface area contributed by atoms with E-state index in [1.807, 2.05) is 18.2 Å². The smallest absolute Gasteiger partial charge is 0.138 e. The molecule has 15 heavy (non-hydrogen) atoms. The monoisotopic (exact) mass is 220 g/mol. The molecule has 2 aromatic heterocycles. The molecule has 3 nitrogen and oxygen atoms in total. The predicted molar refractivity (Wildman–Crippen MR) is 57.8 cm³/mol. The fourth-order valence-electron chi connectivity index (χ4n) is 1.09. The maximum atomic E-state index is 5.65. The Morgan fingerprint density at radius 1 is 1.13 bits per heavy atom. The van der Waals surface area contributed by atoms with E-state index in [1.165, 1.54) is 0 Å². The van der Waals surface area contributed by atoms with Gasteiger partial charge < -0.3 is 4.74 Å². The molecular weight excluding hydrogens is 212 g/mol. The Balaban J connectivity index is 1.96. The van der Waals surface area contributed by atoms with E-state index in [0.29, 0.717) is 17.5 Å². The minimum Gasteiger partial charge on any atom is -0.486 e. The Morgan fingerprint density at radius 3 is 2.73 bits per heavy atom. The Labute approximate surface area is 92.7 Å². The van der Waals surface area contributed by atoms with Gasteiger partial charge in [0.05, 0.1) is 11.9 Å². The zero-order chi connectivity index (χ0) is 10.5. The van der Waals surface area contributed by atoms with Crippen molar-refractivity contribution in [2.75, 3.05) is 0 Å². The normalized spacial score (nSPS) is 9.93.